The molecule has 0 bridgehead atoms. The summed E-state index contributed by atoms with van der Waals surface area (Å²) in [5.41, 5.74) is 1.25. The van der Waals surface area contributed by atoms with E-state index < -0.39 is 0 Å². The van der Waals surface area contributed by atoms with Gasteiger partial charge in [0.25, 0.3) is 0 Å². The second kappa shape index (κ2) is 17.4. The molecule has 0 saturated heterocycles. The molecule has 0 aliphatic heterocycles. The molecule has 7 radical (unpaired) electrons. The Balaban J connectivity index is 0. The summed E-state index contributed by atoms with van der Waals surface area (Å²) in [6.45, 7) is 16.2. The Kier molecular flexibility index (Phi) is 17.4. The van der Waals surface area contributed by atoms with Gasteiger partial charge < -0.3 is 4.90 Å². The molecule has 2 fully saturated rings. The second-order valence-electron chi connectivity index (χ2n) is 11.1. The summed E-state index contributed by atoms with van der Waals surface area (Å²) in [7, 11) is 4.15. The van der Waals surface area contributed by atoms with E-state index in [4.69, 9.17) is 0 Å². The molecule has 2 heteroatoms. The van der Waals surface area contributed by atoms with Gasteiger partial charge >= 0.3 is 0 Å². The Hall–Kier alpha value is -0.0213. The van der Waals surface area contributed by atoms with E-state index in [9.17, 15) is 0 Å². The van der Waals surface area contributed by atoms with Crippen LogP contribution in [0.2, 0.25) is 0 Å². The van der Waals surface area contributed by atoms with Crippen molar-refractivity contribution in [2.45, 2.75) is 93.0 Å². The zero-order chi connectivity index (χ0) is 23.4. The van der Waals surface area contributed by atoms with Crippen molar-refractivity contribution < 1.29 is 1.43 Å². The molecule has 5 atom stereocenters. The molecule has 3 rings (SSSR count). The zero-order valence-electron chi connectivity index (χ0n) is 22.7. The summed E-state index contributed by atoms with van der Waals surface area (Å²) in [6, 6.07) is 11.8. The quantitative estimate of drug-likeness (QED) is 0.342. The Labute approximate surface area is 221 Å². The van der Waals surface area contributed by atoms with E-state index in [-0.39, 0.29) is 25.3 Å². The first-order chi connectivity index (χ1) is 14.6. The third kappa shape index (κ3) is 13.0. The van der Waals surface area contributed by atoms with Gasteiger partial charge in [-0.05, 0) is 107 Å². The van der Waals surface area contributed by atoms with E-state index in [1.54, 1.807) is 0 Å². The monoisotopic (exact) mass is 548 g/mol. The number of benzene rings is 1. The van der Waals surface area contributed by atoms with Crippen LogP contribution in [0.25, 0.3) is 0 Å². The third-order valence-corrected chi connectivity index (χ3v) is 7.34. The van der Waals surface area contributed by atoms with Crippen LogP contribution >= 0.6 is 0 Å². The maximum Gasteiger partial charge on any atom is 0.0319 e. The Morgan fingerprint density at radius 2 is 1.28 bits per heavy atom. The van der Waals surface area contributed by atoms with Crippen molar-refractivity contribution in [3.63, 3.8) is 0 Å². The molecule has 0 N–H and O–H groups in total. The molecule has 2 saturated carbocycles. The fraction of sp³-hybridized carbons (Fsp3) is 0.733. The van der Waals surface area contributed by atoms with Crippen LogP contribution in [0, 0.1) is 54.4 Å². The van der Waals surface area contributed by atoms with E-state index >= 15 is 0 Å². The van der Waals surface area contributed by atoms with Crippen LogP contribution in [0.3, 0.4) is 0 Å². The summed E-state index contributed by atoms with van der Waals surface area (Å²) >= 11 is 0. The van der Waals surface area contributed by atoms with Crippen molar-refractivity contribution in [2.75, 3.05) is 14.1 Å². The molecule has 0 amide bonds. The number of hydrogen-bond donors (Lipinski definition) is 0. The first kappa shape index (κ1) is 32.0. The standard InChI is InChI=1S/C10H14N.2C10H19.Sn.H2/c1-9(11(2)3)10-7-5-4-6-8-10;2*1-8(2)10-6-4-9(3)5-7-10;;/h4-7,9H,1-3H3;2*6,8-10H,4-5,7H2,1-3H3;;1H/t9-;2*9-,10-;;/m011../s1. The molecule has 0 unspecified atom stereocenters. The van der Waals surface area contributed by atoms with Gasteiger partial charge in [0.2, 0.25) is 0 Å². The minimum atomic E-state index is 0. The Bertz CT molecular complexity index is 518. The predicted octanol–water partition coefficient (Wildman–Crippen LogP) is 8.54. The van der Waals surface area contributed by atoms with Gasteiger partial charge in [-0.3, -0.25) is 0 Å². The van der Waals surface area contributed by atoms with Crippen molar-refractivity contribution in [1.82, 2.24) is 4.90 Å². The van der Waals surface area contributed by atoms with Crippen LogP contribution in [0.1, 0.15) is 100 Å². The van der Waals surface area contributed by atoms with Gasteiger partial charge in [-0.2, -0.15) is 0 Å². The summed E-state index contributed by atoms with van der Waals surface area (Å²) in [5.74, 6) is 5.47. The fourth-order valence-electron chi connectivity index (χ4n) is 4.40. The third-order valence-electron chi connectivity index (χ3n) is 7.34. The first-order valence-corrected chi connectivity index (χ1v) is 12.9. The molecule has 1 nitrogen and oxygen atoms in total. The first-order valence-electron chi connectivity index (χ1n) is 12.9. The van der Waals surface area contributed by atoms with Crippen LogP contribution in [0.5, 0.6) is 0 Å². The summed E-state index contributed by atoms with van der Waals surface area (Å²) in [4.78, 5) is 2.17. The van der Waals surface area contributed by atoms with Crippen LogP contribution < -0.4 is 0 Å². The Morgan fingerprint density at radius 3 is 1.56 bits per heavy atom. The topological polar surface area (TPSA) is 3.24 Å². The van der Waals surface area contributed by atoms with Gasteiger partial charge in [0.05, 0.1) is 0 Å². The molecule has 183 valence electrons. The van der Waals surface area contributed by atoms with Crippen molar-refractivity contribution in [3.8, 4) is 0 Å². The number of rotatable bonds is 4. The minimum Gasteiger partial charge on any atom is -0.303 e. The molecule has 0 aromatic heterocycles. The Morgan fingerprint density at radius 1 is 0.812 bits per heavy atom. The minimum absolute atomic E-state index is 0. The van der Waals surface area contributed by atoms with E-state index in [0.29, 0.717) is 6.04 Å². The van der Waals surface area contributed by atoms with E-state index in [0.717, 1.165) is 35.5 Å². The molecular weight excluding hydrogens is 493 g/mol. The molecule has 2 aliphatic carbocycles. The van der Waals surface area contributed by atoms with E-state index in [1.165, 1.54) is 44.1 Å². The van der Waals surface area contributed by atoms with Gasteiger partial charge in [-0.25, -0.2) is 0 Å². The smallest absolute Gasteiger partial charge is 0.0319 e. The predicted molar refractivity (Wildman–Crippen MR) is 147 cm³/mol. The average molecular weight is 547 g/mol. The van der Waals surface area contributed by atoms with Gasteiger partial charge in [-0.15, -0.1) is 0 Å². The van der Waals surface area contributed by atoms with Gasteiger partial charge in [-0.1, -0.05) is 78.6 Å². The summed E-state index contributed by atoms with van der Waals surface area (Å²) in [5, 5.41) is 0. The number of nitrogens with zero attached hydrogens (tertiary/aromatic N) is 1. The van der Waals surface area contributed by atoms with E-state index in [2.05, 4.69) is 92.4 Å². The molecule has 1 aromatic carbocycles. The van der Waals surface area contributed by atoms with Gasteiger partial charge in [0.1, 0.15) is 0 Å². The van der Waals surface area contributed by atoms with Crippen molar-refractivity contribution in [3.05, 3.63) is 48.7 Å². The average Bonchev–Trinajstić information content (AvgIpc) is 2.75. The largest absolute Gasteiger partial charge is 0.303 e. The molecular formula is C30H54NSn. The van der Waals surface area contributed by atoms with Crippen LogP contribution in [-0.2, 0) is 0 Å². The van der Waals surface area contributed by atoms with Crippen LogP contribution in [-0.4, -0.2) is 42.9 Å². The van der Waals surface area contributed by atoms with Crippen molar-refractivity contribution >= 4 is 23.9 Å². The maximum absolute atomic E-state index is 3.21. The van der Waals surface area contributed by atoms with Crippen LogP contribution in [0.4, 0.5) is 0 Å². The van der Waals surface area contributed by atoms with Crippen molar-refractivity contribution in [2.24, 2.45) is 35.5 Å². The number of hydrogen-bond acceptors (Lipinski definition) is 1. The molecule has 0 spiro atoms. The summed E-state index contributed by atoms with van der Waals surface area (Å²) in [6.07, 6.45) is 13.5. The molecule has 2 aliphatic rings. The maximum atomic E-state index is 3.21. The van der Waals surface area contributed by atoms with Crippen LogP contribution in [0.15, 0.2) is 24.3 Å². The fourth-order valence-corrected chi connectivity index (χ4v) is 4.40. The molecule has 0 heterocycles. The molecule has 1 aromatic rings. The van der Waals surface area contributed by atoms with E-state index in [1.807, 2.05) is 18.2 Å². The second-order valence-corrected chi connectivity index (χ2v) is 11.1. The van der Waals surface area contributed by atoms with Gasteiger partial charge in [0, 0.05) is 31.4 Å². The molecule has 32 heavy (non-hydrogen) atoms. The zero-order valence-corrected chi connectivity index (χ0v) is 25.5. The van der Waals surface area contributed by atoms with Crippen molar-refractivity contribution in [1.29, 1.82) is 0 Å². The SMILES string of the molecule is CC(C)[C@@H]1[CH]C[C@@H](C)CC1.CC(C)[C@@H]1[CH]C[C@@H](C)CC1.C[C@@H](c1[c]cccc1)N(C)C.[HH].[Sn]. The summed E-state index contributed by atoms with van der Waals surface area (Å²) < 4.78 is 0. The van der Waals surface area contributed by atoms with Gasteiger partial charge in [0.15, 0.2) is 0 Å². The normalized spacial score (nSPS) is 26.4.